The number of piperidine rings is 2. The minimum Gasteiger partial charge on any atom is -0.496 e. The smallest absolute Gasteiger partial charge is 0.267 e. The number of pyridine rings is 2. The van der Waals surface area contributed by atoms with E-state index >= 15 is 0 Å². The number of aromatic nitrogens is 2. The van der Waals surface area contributed by atoms with Crippen LogP contribution in [-0.2, 0) is 34.5 Å². The maximum absolute atomic E-state index is 13.1. The molecule has 2 saturated heterocycles. The minimum atomic E-state index is -0.724. The second kappa shape index (κ2) is 13.8. The lowest BCUT2D eigenvalue weighted by Crippen LogP contribution is -2.46. The summed E-state index contributed by atoms with van der Waals surface area (Å²) in [5.41, 5.74) is 4.98. The van der Waals surface area contributed by atoms with Crippen molar-refractivity contribution >= 4 is 23.9 Å². The molecule has 5 heterocycles. The molecule has 2 N–H and O–H groups in total. The number of amides is 3. The molecular weight excluding hydrogens is 604 g/mol. The Morgan fingerprint density at radius 2 is 1.81 bits per heavy atom. The highest BCUT2D eigenvalue weighted by atomic mass is 16.5. The van der Waals surface area contributed by atoms with Crippen LogP contribution in [0.15, 0.2) is 46.4 Å². The SMILES string of the molecule is COc1cc(-c2cn(C)c(=O)c3c2C=NC3)cc(OC)c1CNCC(=O)N1CCC(c2ccc(OC3CCC(=O)NC3=O)nc2)CC1. The highest BCUT2D eigenvalue weighted by Gasteiger charge is 2.29. The first-order chi connectivity index (χ1) is 22.7. The molecule has 6 rings (SSSR count). The van der Waals surface area contributed by atoms with Crippen LogP contribution in [0, 0.1) is 0 Å². The predicted molar refractivity (Wildman–Crippen MR) is 173 cm³/mol. The van der Waals surface area contributed by atoms with Crippen molar-refractivity contribution in [3.05, 3.63) is 69.3 Å². The van der Waals surface area contributed by atoms with E-state index in [1.165, 1.54) is 0 Å². The molecule has 0 spiro atoms. The van der Waals surface area contributed by atoms with Gasteiger partial charge in [-0.15, -0.1) is 0 Å². The fourth-order valence-electron chi connectivity index (χ4n) is 6.39. The molecule has 13 heteroatoms. The number of carbonyl (C=O) groups excluding carboxylic acids is 3. The number of imide groups is 1. The number of likely N-dealkylation sites (tertiary alicyclic amines) is 1. The second-order valence-corrected chi connectivity index (χ2v) is 11.9. The number of carbonyl (C=O) groups is 3. The van der Waals surface area contributed by atoms with Crippen LogP contribution in [0.25, 0.3) is 11.1 Å². The standard InChI is InChI=1S/C34H38N6O7/c1-39-19-26(23-15-35-16-24(23)34(39)44)22-12-28(45-2)25(29(13-22)46-3)17-36-18-32(42)40-10-8-20(9-11-40)21-4-7-31(37-14-21)47-27-5-6-30(41)38-33(27)43/h4,7,12-15,19-20,27,36H,5-6,8-11,16-18H2,1-3H3,(H,38,41,43). The van der Waals surface area contributed by atoms with Gasteiger partial charge in [0.15, 0.2) is 6.10 Å². The molecule has 47 heavy (non-hydrogen) atoms. The molecule has 0 aliphatic carbocycles. The van der Waals surface area contributed by atoms with Crippen LogP contribution in [0.1, 0.15) is 53.9 Å². The van der Waals surface area contributed by atoms with Crippen molar-refractivity contribution in [1.82, 2.24) is 25.1 Å². The first kappa shape index (κ1) is 31.9. The molecule has 1 unspecified atom stereocenters. The monoisotopic (exact) mass is 642 g/mol. The number of nitrogens with one attached hydrogen (secondary N) is 2. The van der Waals surface area contributed by atoms with Gasteiger partial charge in [-0.2, -0.15) is 0 Å². The Labute approximate surface area is 271 Å². The fraction of sp³-hybridized carbons (Fsp3) is 0.412. The molecule has 1 atom stereocenters. The van der Waals surface area contributed by atoms with E-state index in [1.54, 1.807) is 50.5 Å². The summed E-state index contributed by atoms with van der Waals surface area (Å²) in [4.78, 5) is 59.6. The summed E-state index contributed by atoms with van der Waals surface area (Å²) in [6, 6.07) is 7.53. The van der Waals surface area contributed by atoms with Crippen molar-refractivity contribution in [2.24, 2.45) is 12.0 Å². The van der Waals surface area contributed by atoms with E-state index in [2.05, 4.69) is 20.6 Å². The number of aliphatic imine (C=N–C) groups is 1. The van der Waals surface area contributed by atoms with Gasteiger partial charge in [-0.05, 0) is 42.0 Å². The lowest BCUT2D eigenvalue weighted by atomic mass is 9.90. The van der Waals surface area contributed by atoms with Crippen LogP contribution < -0.4 is 30.4 Å². The molecule has 3 aliphatic heterocycles. The van der Waals surface area contributed by atoms with Gasteiger partial charge in [0.1, 0.15) is 11.5 Å². The largest absolute Gasteiger partial charge is 0.496 e. The van der Waals surface area contributed by atoms with Crippen LogP contribution in [0.3, 0.4) is 0 Å². The fourth-order valence-corrected chi connectivity index (χ4v) is 6.39. The van der Waals surface area contributed by atoms with Crippen molar-refractivity contribution in [1.29, 1.82) is 0 Å². The van der Waals surface area contributed by atoms with Crippen molar-refractivity contribution in [2.75, 3.05) is 33.9 Å². The van der Waals surface area contributed by atoms with Gasteiger partial charge in [-0.3, -0.25) is 29.5 Å². The van der Waals surface area contributed by atoms with Crippen LogP contribution in [-0.4, -0.2) is 78.3 Å². The minimum absolute atomic E-state index is 0.0177. The zero-order valence-corrected chi connectivity index (χ0v) is 26.7. The van der Waals surface area contributed by atoms with Gasteiger partial charge in [0.05, 0.1) is 27.3 Å². The summed E-state index contributed by atoms with van der Waals surface area (Å²) in [7, 11) is 4.92. The molecule has 0 saturated carbocycles. The number of nitrogens with zero attached hydrogens (tertiary/aromatic N) is 4. The topological polar surface area (TPSA) is 153 Å². The third-order valence-corrected chi connectivity index (χ3v) is 9.01. The Kier molecular flexibility index (Phi) is 9.34. The Morgan fingerprint density at radius 1 is 1.06 bits per heavy atom. The second-order valence-electron chi connectivity index (χ2n) is 11.9. The summed E-state index contributed by atoms with van der Waals surface area (Å²) < 4.78 is 18.7. The molecule has 246 valence electrons. The summed E-state index contributed by atoms with van der Waals surface area (Å²) in [5.74, 6) is 1.11. The highest BCUT2D eigenvalue weighted by molar-refractivity contribution is 6.00. The van der Waals surface area contributed by atoms with Crippen molar-refractivity contribution in [2.45, 2.75) is 50.8 Å². The number of ether oxygens (including phenoxy) is 3. The number of hydrogen-bond acceptors (Lipinski definition) is 10. The number of hydrogen-bond donors (Lipinski definition) is 2. The number of rotatable bonds is 10. The molecule has 2 aromatic heterocycles. The quantitative estimate of drug-likeness (QED) is 0.317. The van der Waals surface area contributed by atoms with E-state index in [-0.39, 0.29) is 36.3 Å². The van der Waals surface area contributed by atoms with Crippen molar-refractivity contribution < 1.29 is 28.6 Å². The molecule has 2 fully saturated rings. The van der Waals surface area contributed by atoms with Crippen molar-refractivity contribution in [3.8, 4) is 28.5 Å². The van der Waals surface area contributed by atoms with E-state index in [0.717, 1.165) is 40.7 Å². The number of aryl methyl sites for hydroxylation is 1. The zero-order chi connectivity index (χ0) is 33.1. The Bertz CT molecular complexity index is 1750. The highest BCUT2D eigenvalue weighted by Crippen LogP contribution is 2.37. The third-order valence-electron chi connectivity index (χ3n) is 9.01. The first-order valence-electron chi connectivity index (χ1n) is 15.7. The maximum atomic E-state index is 13.1. The van der Waals surface area contributed by atoms with Crippen LogP contribution in [0.5, 0.6) is 17.4 Å². The van der Waals surface area contributed by atoms with Gasteiger partial charge in [0.2, 0.25) is 17.7 Å². The predicted octanol–water partition coefficient (Wildman–Crippen LogP) is 2.08. The third kappa shape index (κ3) is 6.75. The molecule has 3 amide bonds. The maximum Gasteiger partial charge on any atom is 0.267 e. The van der Waals surface area contributed by atoms with Gasteiger partial charge in [-0.25, -0.2) is 4.98 Å². The molecule has 3 aromatic rings. The number of methoxy groups -OCH3 is 2. The zero-order valence-electron chi connectivity index (χ0n) is 26.7. The van der Waals surface area contributed by atoms with Crippen LogP contribution >= 0.6 is 0 Å². The average Bonchev–Trinajstić information content (AvgIpc) is 3.58. The molecule has 3 aliphatic rings. The van der Waals surface area contributed by atoms with Crippen LogP contribution in [0.2, 0.25) is 0 Å². The summed E-state index contributed by atoms with van der Waals surface area (Å²) >= 11 is 0. The van der Waals surface area contributed by atoms with E-state index in [1.807, 2.05) is 23.1 Å². The van der Waals surface area contributed by atoms with Gasteiger partial charge in [-0.1, -0.05) is 6.07 Å². The molecular formula is C34H38N6O7. The molecule has 1 aromatic carbocycles. The average molecular weight is 643 g/mol. The lowest BCUT2D eigenvalue weighted by Gasteiger charge is -2.32. The van der Waals surface area contributed by atoms with E-state index in [9.17, 15) is 19.2 Å². The van der Waals surface area contributed by atoms with E-state index < -0.39 is 12.0 Å². The van der Waals surface area contributed by atoms with Crippen LogP contribution in [0.4, 0.5) is 0 Å². The van der Waals surface area contributed by atoms with Gasteiger partial charge in [0.25, 0.3) is 11.5 Å². The first-order valence-corrected chi connectivity index (χ1v) is 15.7. The molecule has 0 radical (unpaired) electrons. The molecule has 0 bridgehead atoms. The van der Waals surface area contributed by atoms with Gasteiger partial charge < -0.3 is 29.0 Å². The number of fused-ring (bicyclic) bond motifs is 1. The summed E-state index contributed by atoms with van der Waals surface area (Å²) in [6.45, 7) is 2.16. The number of benzene rings is 1. The Morgan fingerprint density at radius 3 is 2.47 bits per heavy atom. The lowest BCUT2D eigenvalue weighted by molar-refractivity contribution is -0.139. The van der Waals surface area contributed by atoms with E-state index in [0.29, 0.717) is 55.5 Å². The Hall–Kier alpha value is -5.04. The van der Waals surface area contributed by atoms with E-state index in [4.69, 9.17) is 14.2 Å². The molecule has 13 nitrogen and oxygen atoms in total. The summed E-state index contributed by atoms with van der Waals surface area (Å²) in [6.07, 6.45) is 6.77. The van der Waals surface area contributed by atoms with Gasteiger partial charge >= 0.3 is 0 Å². The van der Waals surface area contributed by atoms with Gasteiger partial charge in [0, 0.05) is 86.5 Å². The van der Waals surface area contributed by atoms with Crippen molar-refractivity contribution in [3.63, 3.8) is 0 Å². The Balaban J connectivity index is 1.03. The normalized spacial score (nSPS) is 17.8. The summed E-state index contributed by atoms with van der Waals surface area (Å²) in [5, 5.41) is 5.55.